The maximum Gasteiger partial charge on any atom is 0.117 e. The highest BCUT2D eigenvalue weighted by Crippen LogP contribution is 1.73. The molecule has 22 valence electrons. The lowest BCUT2D eigenvalue weighted by Gasteiger charge is -1.71. The number of hydrogen-bond donors (Lipinski definition) is 1. The molecule has 1 aromatic rings. The summed E-state index contributed by atoms with van der Waals surface area (Å²) in [5.41, 5.74) is 0. The minimum absolute atomic E-state index is 1.36. The molecule has 0 saturated carbocycles. The van der Waals surface area contributed by atoms with Gasteiger partial charge in [-0.1, -0.05) is 0 Å². The maximum absolute atomic E-state index is 3.60. The Kier molecular flexibility index (Phi) is 0.277. The second-order valence-electron chi connectivity index (χ2n) is 0.444. The molecule has 1 aromatic heterocycles. The van der Waals surface area contributed by atoms with Gasteiger partial charge in [0, 0.05) is 11.7 Å². The van der Waals surface area contributed by atoms with Gasteiger partial charge in [0.2, 0.25) is 0 Å². The van der Waals surface area contributed by atoms with Crippen molar-refractivity contribution in [1.82, 2.24) is 8.75 Å². The van der Waals surface area contributed by atoms with Crippen molar-refractivity contribution >= 4 is 11.7 Å². The second-order valence-corrected chi connectivity index (χ2v) is 1.07. The Morgan fingerprint density at radius 3 is 2.25 bits per heavy atom. The molecule has 0 atom stereocenters. The molecule has 4 heavy (non-hydrogen) atoms. The predicted octanol–water partition coefficient (Wildman–Crippen LogP) is 0.471. The fraction of sp³-hybridized carbons (Fsp3) is 0. The van der Waals surface area contributed by atoms with Crippen LogP contribution in [-0.4, -0.2) is 8.75 Å². The fourth-order valence-corrected chi connectivity index (χ4v) is 0.158. The van der Waals surface area contributed by atoms with Crippen LogP contribution in [0.1, 0.15) is 0 Å². The van der Waals surface area contributed by atoms with E-state index in [2.05, 4.69) is 8.75 Å². The van der Waals surface area contributed by atoms with Crippen LogP contribution in [0.3, 0.4) is 0 Å². The first kappa shape index (κ1) is 1.96. The number of rotatable bonds is 0. The van der Waals surface area contributed by atoms with Gasteiger partial charge in [0.1, 0.15) is 6.33 Å². The van der Waals surface area contributed by atoms with Gasteiger partial charge in [-0.3, -0.25) is 4.37 Å². The summed E-state index contributed by atoms with van der Waals surface area (Å²) in [6.45, 7) is 0. The molecule has 1 rings (SSSR count). The Hall–Kier alpha value is -0.310. The first-order valence-electron chi connectivity index (χ1n) is 0.934. The Bertz CT molecular complexity index is 47.8. The van der Waals surface area contributed by atoms with Gasteiger partial charge in [-0.2, -0.15) is 4.37 Å². The average molecular weight is 74.1 g/mol. The van der Waals surface area contributed by atoms with Crippen molar-refractivity contribution in [2.45, 2.75) is 0 Å². The van der Waals surface area contributed by atoms with E-state index < -0.39 is 0 Å². The summed E-state index contributed by atoms with van der Waals surface area (Å²) in [6, 6.07) is 0. The highest BCUT2D eigenvalue weighted by atomic mass is 32.1. The topological polar surface area (TPSA) is 28.7 Å². The van der Waals surface area contributed by atoms with E-state index in [0.29, 0.717) is 0 Å². The number of hydrogen-bond acceptors (Lipinski definition) is 2. The van der Waals surface area contributed by atoms with Crippen molar-refractivity contribution in [3.63, 3.8) is 0 Å². The summed E-state index contributed by atoms with van der Waals surface area (Å²) in [6.07, 6.45) is 1.64. The van der Waals surface area contributed by atoms with Crippen LogP contribution in [0.15, 0.2) is 6.33 Å². The van der Waals surface area contributed by atoms with E-state index in [9.17, 15) is 0 Å². The van der Waals surface area contributed by atoms with Gasteiger partial charge in [-0.05, 0) is 0 Å². The minimum Gasteiger partial charge on any atom is -0.285 e. The van der Waals surface area contributed by atoms with Crippen LogP contribution >= 0.6 is 11.7 Å². The van der Waals surface area contributed by atoms with Gasteiger partial charge in [0.25, 0.3) is 0 Å². The lowest BCUT2D eigenvalue weighted by atomic mass is 11.5. The molecule has 0 amide bonds. The molecule has 3 heteroatoms. The summed E-state index contributed by atoms with van der Waals surface area (Å²) in [7, 11) is 0. The van der Waals surface area contributed by atoms with Crippen LogP contribution in [0, 0.1) is 0 Å². The van der Waals surface area contributed by atoms with Gasteiger partial charge in [0.15, 0.2) is 0 Å². The van der Waals surface area contributed by atoms with E-state index in [4.69, 9.17) is 0 Å². The average Bonchev–Trinajstić information content (AvgIpc) is 0.722. The molecule has 0 radical (unpaired) electrons. The molecule has 2 nitrogen and oxygen atoms in total. The quantitative estimate of drug-likeness (QED) is 0.476. The van der Waals surface area contributed by atoms with E-state index in [1.807, 2.05) is 0 Å². The second kappa shape index (κ2) is 0.564. The molecule has 0 fully saturated rings. The number of aromatic nitrogens is 2. The Morgan fingerprint density at radius 1 is 2.00 bits per heavy atom. The van der Waals surface area contributed by atoms with Gasteiger partial charge in [-0.25, -0.2) is 0 Å². The van der Waals surface area contributed by atoms with Crippen LogP contribution in [0.5, 0.6) is 0 Å². The highest BCUT2D eigenvalue weighted by Gasteiger charge is 1.57. The summed E-state index contributed by atoms with van der Waals surface area (Å²) in [5.74, 6) is 0. The van der Waals surface area contributed by atoms with E-state index in [0.717, 1.165) is 0 Å². The zero-order valence-electron chi connectivity index (χ0n) is 1.93. The standard InChI is InChI=1S/CH2N2S/c1-2-4-3-1/h1H,(H,2,3). The monoisotopic (exact) mass is 74.0 g/mol. The van der Waals surface area contributed by atoms with Crippen molar-refractivity contribution in [1.29, 1.82) is 0 Å². The number of nitrogens with zero attached hydrogens (tertiary/aromatic N) is 1. The van der Waals surface area contributed by atoms with Gasteiger partial charge in [-0.15, -0.1) is 0 Å². The van der Waals surface area contributed by atoms with Gasteiger partial charge in [0.05, 0.1) is 0 Å². The third-order valence-electron chi connectivity index (χ3n) is 0.211. The fourth-order valence-electron chi connectivity index (χ4n) is 0.0527. The molecule has 0 saturated heterocycles. The van der Waals surface area contributed by atoms with E-state index in [1.165, 1.54) is 11.7 Å². The predicted molar refractivity (Wildman–Crippen MR) is 16.5 cm³/mol. The SMILES string of the molecule is c1ns[nH]1. The number of nitrogens with one attached hydrogen (secondary N) is 1. The van der Waals surface area contributed by atoms with E-state index >= 15 is 0 Å². The smallest absolute Gasteiger partial charge is 0.117 e. The zero-order chi connectivity index (χ0) is 2.83. The minimum atomic E-state index is 1.36. The lowest BCUT2D eigenvalue weighted by Crippen LogP contribution is -1.65. The molecule has 0 aliphatic rings. The molecule has 1 heterocycles. The van der Waals surface area contributed by atoms with Crippen LogP contribution in [-0.2, 0) is 0 Å². The zero-order valence-corrected chi connectivity index (χ0v) is 2.75. The van der Waals surface area contributed by atoms with Crippen molar-refractivity contribution < 1.29 is 0 Å². The molecule has 0 bridgehead atoms. The molecule has 1 N–H and O–H groups in total. The third-order valence-corrected chi connectivity index (χ3v) is 0.632. The van der Waals surface area contributed by atoms with Gasteiger partial charge >= 0.3 is 0 Å². The summed E-state index contributed by atoms with van der Waals surface area (Å²) in [4.78, 5) is 0. The first-order valence-corrected chi connectivity index (χ1v) is 1.71. The third kappa shape index (κ3) is 0.0591. The molecular formula is CH2N2S. The molecule has 0 aromatic carbocycles. The summed E-state index contributed by atoms with van der Waals surface area (Å²) >= 11 is 1.36. The molecule has 0 spiro atoms. The van der Waals surface area contributed by atoms with Crippen molar-refractivity contribution in [2.24, 2.45) is 0 Å². The first-order chi connectivity index (χ1) is 2.00. The molecule has 0 unspecified atom stereocenters. The van der Waals surface area contributed by atoms with E-state index in [1.54, 1.807) is 6.33 Å². The Balaban J connectivity index is 3.00. The highest BCUT2D eigenvalue weighted by molar-refractivity contribution is 6.99. The summed E-state index contributed by atoms with van der Waals surface area (Å²) in [5, 5.41) is 0. The largest absolute Gasteiger partial charge is 0.285 e. The van der Waals surface area contributed by atoms with Gasteiger partial charge < -0.3 is 0 Å². The van der Waals surface area contributed by atoms with Crippen LogP contribution in [0.4, 0.5) is 0 Å². The Morgan fingerprint density at radius 2 is 2.25 bits per heavy atom. The van der Waals surface area contributed by atoms with E-state index in [-0.39, 0.29) is 0 Å². The van der Waals surface area contributed by atoms with Crippen molar-refractivity contribution in [3.05, 3.63) is 6.33 Å². The van der Waals surface area contributed by atoms with Crippen LogP contribution in [0.2, 0.25) is 0 Å². The number of aromatic amines is 1. The molecule has 0 aliphatic carbocycles. The Labute approximate surface area is 27.8 Å². The molecular weight excluding hydrogens is 72.1 g/mol. The van der Waals surface area contributed by atoms with Crippen LogP contribution in [0.25, 0.3) is 0 Å². The lowest BCUT2D eigenvalue weighted by molar-refractivity contribution is 1.30. The molecule has 0 aliphatic heterocycles. The van der Waals surface area contributed by atoms with Crippen molar-refractivity contribution in [3.8, 4) is 0 Å². The summed E-state index contributed by atoms with van der Waals surface area (Å²) < 4.78 is 6.33. The van der Waals surface area contributed by atoms with Crippen LogP contribution < -0.4 is 0 Å². The maximum atomic E-state index is 3.60. The normalized spacial score (nSPS) is 8.00. The van der Waals surface area contributed by atoms with Crippen molar-refractivity contribution in [2.75, 3.05) is 0 Å². The number of H-pyrrole nitrogens is 1.